The summed E-state index contributed by atoms with van der Waals surface area (Å²) in [4.78, 5) is 40.7. The minimum Gasteiger partial charge on any atom is -0.465 e. The lowest BCUT2D eigenvalue weighted by atomic mass is 10.1. The molecule has 3 N–H and O–H groups in total. The van der Waals surface area contributed by atoms with Crippen LogP contribution in [-0.4, -0.2) is 24.5 Å². The van der Waals surface area contributed by atoms with Crippen molar-refractivity contribution in [3.63, 3.8) is 0 Å². The highest BCUT2D eigenvalue weighted by atomic mass is 32.2. The summed E-state index contributed by atoms with van der Waals surface area (Å²) in [6, 6.07) is 33.8. The average Bonchev–Trinajstić information content (AvgIpc) is 3.76. The summed E-state index contributed by atoms with van der Waals surface area (Å²) in [5.41, 5.74) is 2.28. The molecule has 0 saturated carbocycles. The highest BCUT2D eigenvalue weighted by Crippen LogP contribution is 2.39. The number of rotatable bonds is 10. The molecule has 224 valence electrons. The van der Waals surface area contributed by atoms with Gasteiger partial charge in [-0.3, -0.25) is 14.4 Å². The van der Waals surface area contributed by atoms with Gasteiger partial charge in [-0.15, -0.1) is 11.8 Å². The molecule has 1 atom stereocenters. The Labute approximate surface area is 263 Å². The molecule has 0 aliphatic carbocycles. The van der Waals surface area contributed by atoms with Crippen molar-refractivity contribution in [3.05, 3.63) is 144 Å². The van der Waals surface area contributed by atoms with Crippen LogP contribution in [0, 0.1) is 0 Å². The van der Waals surface area contributed by atoms with Crippen molar-refractivity contribution in [3.8, 4) is 11.5 Å². The van der Waals surface area contributed by atoms with Gasteiger partial charge in [0, 0.05) is 34.0 Å². The number of carbonyl (C=O) groups is 3. The van der Waals surface area contributed by atoms with E-state index < -0.39 is 17.1 Å². The second kappa shape index (κ2) is 13.7. The van der Waals surface area contributed by atoms with E-state index in [1.54, 1.807) is 78.9 Å². The van der Waals surface area contributed by atoms with Crippen LogP contribution in [0.25, 0.3) is 6.08 Å². The van der Waals surface area contributed by atoms with E-state index in [1.807, 2.05) is 36.4 Å². The van der Waals surface area contributed by atoms with Gasteiger partial charge < -0.3 is 29.8 Å². The van der Waals surface area contributed by atoms with Gasteiger partial charge in [-0.1, -0.05) is 54.6 Å². The van der Waals surface area contributed by atoms with Crippen LogP contribution in [0.3, 0.4) is 0 Å². The number of furan rings is 1. The Bertz CT molecular complexity index is 1840. The number of ether oxygens (including phenoxy) is 2. The van der Waals surface area contributed by atoms with Gasteiger partial charge in [-0.05, 0) is 60.2 Å². The lowest BCUT2D eigenvalue weighted by Crippen LogP contribution is -2.30. The molecular weight excluding hydrogens is 590 g/mol. The maximum absolute atomic E-state index is 13.6. The van der Waals surface area contributed by atoms with E-state index in [-0.39, 0.29) is 18.4 Å². The van der Waals surface area contributed by atoms with Crippen LogP contribution in [0.1, 0.15) is 26.9 Å². The summed E-state index contributed by atoms with van der Waals surface area (Å²) >= 11 is 1.34. The zero-order valence-electron chi connectivity index (χ0n) is 23.8. The van der Waals surface area contributed by atoms with Crippen LogP contribution in [0.2, 0.25) is 0 Å². The minimum atomic E-state index is -0.609. The molecule has 4 aromatic carbocycles. The number of hydrogen-bond acceptors (Lipinski definition) is 7. The molecule has 0 radical (unpaired) electrons. The molecule has 3 amide bonds. The first kappa shape index (κ1) is 29.3. The standard InChI is InChI=1S/C35H27N3O6S/c39-33(24-11-5-2-6-12-24)38-29(21-27-14-8-18-42-27)34(40)36-25-13-7-15-28(19-25)45-32(23-9-3-1-4-10-23)35(41)37-26-16-17-30-31(20-26)44-22-43-30/h1-21,32H,22H2,(H,36,40)(H,37,41)(H,38,39)/b29-21-. The lowest BCUT2D eigenvalue weighted by molar-refractivity contribution is -0.116. The van der Waals surface area contributed by atoms with Crippen LogP contribution >= 0.6 is 11.8 Å². The summed E-state index contributed by atoms with van der Waals surface area (Å²) in [5.74, 6) is 0.386. The summed E-state index contributed by atoms with van der Waals surface area (Å²) in [6.07, 6.45) is 2.94. The van der Waals surface area contributed by atoms with E-state index in [0.29, 0.717) is 34.2 Å². The molecule has 5 aromatic rings. The van der Waals surface area contributed by atoms with Crippen LogP contribution in [0.4, 0.5) is 11.4 Å². The van der Waals surface area contributed by atoms with Crippen LogP contribution in [-0.2, 0) is 9.59 Å². The zero-order chi connectivity index (χ0) is 31.0. The smallest absolute Gasteiger partial charge is 0.272 e. The molecular formula is C35H27N3O6S. The normalized spacial score (nSPS) is 12.7. The second-order valence-corrected chi connectivity index (χ2v) is 11.0. The highest BCUT2D eigenvalue weighted by Gasteiger charge is 2.24. The molecule has 0 fully saturated rings. The molecule has 10 heteroatoms. The molecule has 0 spiro atoms. The topological polar surface area (TPSA) is 119 Å². The van der Waals surface area contributed by atoms with E-state index in [4.69, 9.17) is 13.9 Å². The number of thioether (sulfide) groups is 1. The molecule has 1 aliphatic heterocycles. The Morgan fingerprint density at radius 2 is 1.49 bits per heavy atom. The van der Waals surface area contributed by atoms with E-state index >= 15 is 0 Å². The van der Waals surface area contributed by atoms with Gasteiger partial charge in [0.25, 0.3) is 11.8 Å². The number of nitrogens with one attached hydrogen (secondary N) is 3. The maximum atomic E-state index is 13.6. The Morgan fingerprint density at radius 1 is 0.733 bits per heavy atom. The second-order valence-electron chi connectivity index (χ2n) is 9.84. The molecule has 2 heterocycles. The van der Waals surface area contributed by atoms with Gasteiger partial charge in [0.2, 0.25) is 12.7 Å². The fraction of sp³-hybridized carbons (Fsp3) is 0.0571. The van der Waals surface area contributed by atoms with E-state index in [9.17, 15) is 14.4 Å². The summed E-state index contributed by atoms with van der Waals surface area (Å²) in [5, 5.41) is 7.92. The maximum Gasteiger partial charge on any atom is 0.272 e. The Kier molecular flexibility index (Phi) is 8.93. The van der Waals surface area contributed by atoms with Crippen molar-refractivity contribution in [2.24, 2.45) is 0 Å². The molecule has 1 aromatic heterocycles. The number of anilines is 2. The number of hydrogen-bond donors (Lipinski definition) is 3. The van der Waals surface area contributed by atoms with Gasteiger partial charge >= 0.3 is 0 Å². The molecule has 6 rings (SSSR count). The van der Waals surface area contributed by atoms with Crippen LogP contribution < -0.4 is 25.4 Å². The van der Waals surface area contributed by atoms with Gasteiger partial charge in [0.15, 0.2) is 11.5 Å². The van der Waals surface area contributed by atoms with Crippen molar-refractivity contribution in [1.82, 2.24) is 5.32 Å². The number of amides is 3. The molecule has 45 heavy (non-hydrogen) atoms. The van der Waals surface area contributed by atoms with E-state index in [0.717, 1.165) is 10.5 Å². The Balaban J connectivity index is 1.20. The average molecular weight is 618 g/mol. The molecule has 9 nitrogen and oxygen atoms in total. The Morgan fingerprint density at radius 3 is 2.27 bits per heavy atom. The largest absolute Gasteiger partial charge is 0.465 e. The third kappa shape index (κ3) is 7.43. The summed E-state index contributed by atoms with van der Waals surface area (Å²) in [6.45, 7) is 0.141. The third-order valence-electron chi connectivity index (χ3n) is 6.68. The fourth-order valence-corrected chi connectivity index (χ4v) is 5.61. The first-order chi connectivity index (χ1) is 22.0. The fourth-order valence-electron chi connectivity index (χ4n) is 4.52. The Hall–Kier alpha value is -5.74. The third-order valence-corrected chi connectivity index (χ3v) is 7.93. The quantitative estimate of drug-likeness (QED) is 0.115. The first-order valence-corrected chi connectivity index (χ1v) is 14.8. The van der Waals surface area contributed by atoms with Crippen molar-refractivity contribution in [1.29, 1.82) is 0 Å². The highest BCUT2D eigenvalue weighted by molar-refractivity contribution is 8.00. The molecule has 1 aliphatic rings. The van der Waals surface area contributed by atoms with Crippen LogP contribution in [0.5, 0.6) is 11.5 Å². The lowest BCUT2D eigenvalue weighted by Gasteiger charge is -2.18. The minimum absolute atomic E-state index is 0.00197. The monoisotopic (exact) mass is 617 g/mol. The summed E-state index contributed by atoms with van der Waals surface area (Å²) < 4.78 is 16.2. The molecule has 1 unspecified atom stereocenters. The van der Waals surface area contributed by atoms with Crippen molar-refractivity contribution in [2.75, 3.05) is 17.4 Å². The van der Waals surface area contributed by atoms with Crippen molar-refractivity contribution in [2.45, 2.75) is 10.1 Å². The molecule has 0 saturated heterocycles. The van der Waals surface area contributed by atoms with Gasteiger partial charge in [0.1, 0.15) is 16.7 Å². The van der Waals surface area contributed by atoms with Gasteiger partial charge in [-0.2, -0.15) is 0 Å². The van der Waals surface area contributed by atoms with E-state index in [1.165, 1.54) is 24.1 Å². The van der Waals surface area contributed by atoms with Gasteiger partial charge in [-0.25, -0.2) is 0 Å². The SMILES string of the molecule is O=C(Nc1cccc(SC(C(=O)Nc2ccc3c(c2)OCO3)c2ccccc2)c1)/C(=C/c1ccco1)NC(=O)c1ccccc1. The predicted molar refractivity (Wildman–Crippen MR) is 172 cm³/mol. The number of fused-ring (bicyclic) bond motifs is 1. The van der Waals surface area contributed by atoms with Crippen molar-refractivity contribution >= 4 is 46.9 Å². The van der Waals surface area contributed by atoms with Gasteiger partial charge in [0.05, 0.1) is 6.26 Å². The van der Waals surface area contributed by atoms with Crippen molar-refractivity contribution < 1.29 is 28.3 Å². The predicted octanol–water partition coefficient (Wildman–Crippen LogP) is 6.89. The first-order valence-electron chi connectivity index (χ1n) is 14.0. The molecule has 0 bridgehead atoms. The van der Waals surface area contributed by atoms with E-state index in [2.05, 4.69) is 16.0 Å². The number of carbonyl (C=O) groups excluding carboxylic acids is 3. The summed E-state index contributed by atoms with van der Waals surface area (Å²) in [7, 11) is 0. The number of benzene rings is 4. The van der Waals surface area contributed by atoms with Crippen LogP contribution in [0.15, 0.2) is 137 Å². The zero-order valence-corrected chi connectivity index (χ0v) is 24.6.